The number of nitro groups is 1. The summed E-state index contributed by atoms with van der Waals surface area (Å²) in [5.41, 5.74) is 0.184. The number of aromatic nitrogens is 3. The minimum absolute atomic E-state index is 0.0170. The van der Waals surface area contributed by atoms with Crippen LogP contribution in [0.15, 0.2) is 30.9 Å². The summed E-state index contributed by atoms with van der Waals surface area (Å²) >= 11 is 0. The fourth-order valence-electron chi connectivity index (χ4n) is 3.11. The fraction of sp³-hybridized carbons (Fsp3) is 0.500. The molecule has 1 saturated heterocycles. The molecule has 1 fully saturated rings. The molecule has 1 aliphatic rings. The predicted molar refractivity (Wildman–Crippen MR) is 102 cm³/mol. The van der Waals surface area contributed by atoms with Gasteiger partial charge in [0.2, 0.25) is 0 Å². The van der Waals surface area contributed by atoms with E-state index in [1.54, 1.807) is 23.1 Å². The first-order valence-corrected chi connectivity index (χ1v) is 9.11. The standard InChI is InChI=1S/C18H24N6O4/c1-18(2,3)28-17(25)22-9-7-13(8-10-22)21-14-5-4-6-15(16(14)24(26)27)23-12-19-11-20-23/h4-6,11-13,21H,7-10H2,1-3H3. The number of nitrogens with one attached hydrogen (secondary N) is 1. The number of amides is 1. The van der Waals surface area contributed by atoms with Gasteiger partial charge in [-0.1, -0.05) is 6.07 Å². The summed E-state index contributed by atoms with van der Waals surface area (Å²) in [6.45, 7) is 6.56. The first-order valence-electron chi connectivity index (χ1n) is 9.11. The van der Waals surface area contributed by atoms with Crippen molar-refractivity contribution >= 4 is 17.5 Å². The third-order valence-corrected chi connectivity index (χ3v) is 4.37. The van der Waals surface area contributed by atoms with Gasteiger partial charge in [0.05, 0.1) is 4.92 Å². The molecule has 0 aliphatic carbocycles. The Bertz CT molecular complexity index is 838. The number of anilines is 1. The molecule has 0 spiro atoms. The van der Waals surface area contributed by atoms with Crippen molar-refractivity contribution in [1.29, 1.82) is 0 Å². The van der Waals surface area contributed by atoms with E-state index in [1.807, 2.05) is 20.8 Å². The SMILES string of the molecule is CC(C)(C)OC(=O)N1CCC(Nc2cccc(-n3cncn3)c2[N+](=O)[O-])CC1. The zero-order valence-corrected chi connectivity index (χ0v) is 16.2. The number of piperidine rings is 1. The predicted octanol–water partition coefficient (Wildman–Crippen LogP) is 2.99. The van der Waals surface area contributed by atoms with Crippen LogP contribution in [0, 0.1) is 10.1 Å². The lowest BCUT2D eigenvalue weighted by atomic mass is 10.0. The Morgan fingerprint density at radius 3 is 2.61 bits per heavy atom. The number of carbonyl (C=O) groups is 1. The van der Waals surface area contributed by atoms with Crippen LogP contribution in [0.2, 0.25) is 0 Å². The van der Waals surface area contributed by atoms with Crippen LogP contribution < -0.4 is 5.32 Å². The molecule has 1 aromatic heterocycles. The third-order valence-electron chi connectivity index (χ3n) is 4.37. The highest BCUT2D eigenvalue weighted by molar-refractivity contribution is 5.71. The highest BCUT2D eigenvalue weighted by Crippen LogP contribution is 2.32. The molecule has 0 radical (unpaired) electrons. The van der Waals surface area contributed by atoms with Gasteiger partial charge in [-0.3, -0.25) is 10.1 Å². The van der Waals surface area contributed by atoms with Crippen molar-refractivity contribution in [3.05, 3.63) is 41.0 Å². The molecule has 1 amide bonds. The Hall–Kier alpha value is -3.17. The number of para-hydroxylation sites is 1. The molecule has 0 saturated carbocycles. The lowest BCUT2D eigenvalue weighted by molar-refractivity contribution is -0.383. The molecule has 1 aliphatic heterocycles. The fourth-order valence-corrected chi connectivity index (χ4v) is 3.11. The highest BCUT2D eigenvalue weighted by Gasteiger charge is 2.29. The number of hydrogen-bond donors (Lipinski definition) is 1. The largest absolute Gasteiger partial charge is 0.444 e. The number of hydrogen-bond acceptors (Lipinski definition) is 7. The second kappa shape index (κ2) is 7.83. The lowest BCUT2D eigenvalue weighted by Crippen LogP contribution is -2.44. The van der Waals surface area contributed by atoms with E-state index in [-0.39, 0.29) is 17.8 Å². The maximum atomic E-state index is 12.2. The third kappa shape index (κ3) is 4.56. The number of carbonyl (C=O) groups excluding carboxylic acids is 1. The van der Waals surface area contributed by atoms with Crippen LogP contribution in [0.3, 0.4) is 0 Å². The summed E-state index contributed by atoms with van der Waals surface area (Å²) in [6.07, 6.45) is 3.76. The molecule has 0 atom stereocenters. The Morgan fingerprint density at radius 2 is 2.04 bits per heavy atom. The molecule has 2 heterocycles. The van der Waals surface area contributed by atoms with Gasteiger partial charge in [-0.2, -0.15) is 5.10 Å². The smallest absolute Gasteiger partial charge is 0.410 e. The zero-order chi connectivity index (χ0) is 20.3. The molecule has 1 aromatic carbocycles. The quantitative estimate of drug-likeness (QED) is 0.632. The van der Waals surface area contributed by atoms with Gasteiger partial charge in [-0.15, -0.1) is 0 Å². The topological polar surface area (TPSA) is 115 Å². The molecule has 1 N–H and O–H groups in total. The van der Waals surface area contributed by atoms with Crippen LogP contribution in [-0.4, -0.2) is 55.4 Å². The van der Waals surface area contributed by atoms with E-state index in [1.165, 1.54) is 17.3 Å². The van der Waals surface area contributed by atoms with Gasteiger partial charge < -0.3 is 15.0 Å². The van der Waals surface area contributed by atoms with Crippen molar-refractivity contribution in [3.8, 4) is 5.69 Å². The second-order valence-electron chi connectivity index (χ2n) is 7.66. The van der Waals surface area contributed by atoms with E-state index in [2.05, 4.69) is 15.4 Å². The molecular formula is C18H24N6O4. The number of likely N-dealkylation sites (tertiary alicyclic amines) is 1. The Kier molecular flexibility index (Phi) is 5.48. The first kappa shape index (κ1) is 19.6. The molecule has 0 unspecified atom stereocenters. The Morgan fingerprint density at radius 1 is 1.32 bits per heavy atom. The van der Waals surface area contributed by atoms with Gasteiger partial charge >= 0.3 is 11.8 Å². The van der Waals surface area contributed by atoms with Crippen LogP contribution in [0.5, 0.6) is 0 Å². The number of benzene rings is 1. The summed E-state index contributed by atoms with van der Waals surface area (Å²) < 4.78 is 6.77. The van der Waals surface area contributed by atoms with Crippen molar-refractivity contribution in [1.82, 2.24) is 19.7 Å². The van der Waals surface area contributed by atoms with E-state index in [0.717, 1.165) is 0 Å². The van der Waals surface area contributed by atoms with Crippen molar-refractivity contribution in [3.63, 3.8) is 0 Å². The van der Waals surface area contributed by atoms with Gasteiger partial charge in [0.15, 0.2) is 0 Å². The molecule has 10 nitrogen and oxygen atoms in total. The minimum atomic E-state index is -0.533. The number of nitrogens with zero attached hydrogens (tertiary/aromatic N) is 5. The Labute approximate surface area is 162 Å². The normalized spacial score (nSPS) is 15.3. The molecule has 10 heteroatoms. The molecule has 150 valence electrons. The van der Waals surface area contributed by atoms with E-state index in [4.69, 9.17) is 4.74 Å². The van der Waals surface area contributed by atoms with Crippen LogP contribution in [0.1, 0.15) is 33.6 Å². The first-order chi connectivity index (χ1) is 13.2. The van der Waals surface area contributed by atoms with Crippen LogP contribution >= 0.6 is 0 Å². The maximum Gasteiger partial charge on any atom is 0.410 e. The zero-order valence-electron chi connectivity index (χ0n) is 16.2. The summed E-state index contributed by atoms with van der Waals surface area (Å²) in [6, 6.07) is 5.06. The summed E-state index contributed by atoms with van der Waals surface area (Å²) in [4.78, 5) is 29.0. The van der Waals surface area contributed by atoms with E-state index >= 15 is 0 Å². The minimum Gasteiger partial charge on any atom is -0.444 e. The van der Waals surface area contributed by atoms with Crippen LogP contribution in [-0.2, 0) is 4.74 Å². The summed E-state index contributed by atoms with van der Waals surface area (Å²) in [5.74, 6) is 0. The second-order valence-corrected chi connectivity index (χ2v) is 7.66. The van der Waals surface area contributed by atoms with Crippen LogP contribution in [0.4, 0.5) is 16.2 Å². The van der Waals surface area contributed by atoms with Crippen molar-refractivity contribution in [2.24, 2.45) is 0 Å². The lowest BCUT2D eigenvalue weighted by Gasteiger charge is -2.34. The van der Waals surface area contributed by atoms with Crippen molar-refractivity contribution < 1.29 is 14.5 Å². The number of nitro benzene ring substituents is 1. The van der Waals surface area contributed by atoms with Crippen molar-refractivity contribution in [2.45, 2.75) is 45.3 Å². The maximum absolute atomic E-state index is 12.2. The van der Waals surface area contributed by atoms with Gasteiger partial charge in [-0.25, -0.2) is 14.5 Å². The number of ether oxygens (including phenoxy) is 1. The van der Waals surface area contributed by atoms with E-state index < -0.39 is 10.5 Å². The highest BCUT2D eigenvalue weighted by atomic mass is 16.6. The van der Waals surface area contributed by atoms with Gasteiger partial charge in [-0.05, 0) is 45.7 Å². The van der Waals surface area contributed by atoms with Crippen molar-refractivity contribution in [2.75, 3.05) is 18.4 Å². The molecular weight excluding hydrogens is 364 g/mol. The molecule has 2 aromatic rings. The Balaban J connectivity index is 1.69. The summed E-state index contributed by atoms with van der Waals surface area (Å²) in [5, 5.41) is 18.9. The van der Waals surface area contributed by atoms with Gasteiger partial charge in [0, 0.05) is 19.1 Å². The summed E-state index contributed by atoms with van der Waals surface area (Å²) in [7, 11) is 0. The van der Waals surface area contributed by atoms with Gasteiger partial charge in [0.25, 0.3) is 0 Å². The molecule has 0 bridgehead atoms. The number of rotatable bonds is 4. The molecule has 3 rings (SSSR count). The average molecular weight is 388 g/mol. The average Bonchev–Trinajstić information content (AvgIpc) is 3.15. The monoisotopic (exact) mass is 388 g/mol. The van der Waals surface area contributed by atoms with Crippen LogP contribution in [0.25, 0.3) is 5.69 Å². The molecule has 28 heavy (non-hydrogen) atoms. The van der Waals surface area contributed by atoms with E-state index in [9.17, 15) is 14.9 Å². The van der Waals surface area contributed by atoms with E-state index in [0.29, 0.717) is 37.3 Å². The van der Waals surface area contributed by atoms with Gasteiger partial charge in [0.1, 0.15) is 29.6 Å².